The number of nitriles is 1. The number of Topliss-reactive ketones (excluding diaryl/α,β-unsaturated/α-hetero) is 1. The Morgan fingerprint density at radius 3 is 2.38 bits per heavy atom. The van der Waals surface area contributed by atoms with Crippen molar-refractivity contribution in [2.75, 3.05) is 18.4 Å². The Labute approximate surface area is 127 Å². The SMILES string of the molecule is CC(=O)c1ccc(C#N)c(NCCN(C(C)C)C(C)C)c1. The number of carbonyl (C=O) groups excluding carboxylic acids is 1. The number of benzene rings is 1. The van der Waals surface area contributed by atoms with Gasteiger partial charge < -0.3 is 5.32 Å². The normalized spacial score (nSPS) is 11.0. The second-order valence-electron chi connectivity index (χ2n) is 5.78. The van der Waals surface area contributed by atoms with Crippen LogP contribution in [0.5, 0.6) is 0 Å². The van der Waals surface area contributed by atoms with Gasteiger partial charge >= 0.3 is 0 Å². The van der Waals surface area contributed by atoms with Crippen LogP contribution in [0.2, 0.25) is 0 Å². The van der Waals surface area contributed by atoms with E-state index < -0.39 is 0 Å². The van der Waals surface area contributed by atoms with E-state index in [9.17, 15) is 4.79 Å². The predicted molar refractivity (Wildman–Crippen MR) is 86.6 cm³/mol. The summed E-state index contributed by atoms with van der Waals surface area (Å²) >= 11 is 0. The van der Waals surface area contributed by atoms with E-state index >= 15 is 0 Å². The van der Waals surface area contributed by atoms with Crippen LogP contribution in [-0.2, 0) is 0 Å². The smallest absolute Gasteiger partial charge is 0.159 e. The molecule has 21 heavy (non-hydrogen) atoms. The largest absolute Gasteiger partial charge is 0.383 e. The molecule has 0 unspecified atom stereocenters. The minimum atomic E-state index is 0.00790. The summed E-state index contributed by atoms with van der Waals surface area (Å²) in [6.45, 7) is 11.9. The highest BCUT2D eigenvalue weighted by molar-refractivity contribution is 5.95. The van der Waals surface area contributed by atoms with E-state index in [-0.39, 0.29) is 5.78 Å². The van der Waals surface area contributed by atoms with Gasteiger partial charge in [0, 0.05) is 30.7 Å². The number of anilines is 1. The number of carbonyl (C=O) groups is 1. The summed E-state index contributed by atoms with van der Waals surface area (Å²) in [4.78, 5) is 13.8. The van der Waals surface area contributed by atoms with Crippen LogP contribution in [0.4, 0.5) is 5.69 Å². The summed E-state index contributed by atoms with van der Waals surface area (Å²) in [5, 5.41) is 12.4. The van der Waals surface area contributed by atoms with Crippen molar-refractivity contribution in [2.45, 2.75) is 46.7 Å². The predicted octanol–water partition coefficient (Wildman–Crippen LogP) is 3.29. The number of hydrogen-bond donors (Lipinski definition) is 1. The Balaban J connectivity index is 2.76. The van der Waals surface area contributed by atoms with E-state index in [1.54, 1.807) is 18.2 Å². The molecule has 0 atom stereocenters. The second kappa shape index (κ2) is 7.80. The molecule has 1 N–H and O–H groups in total. The average Bonchev–Trinajstić information content (AvgIpc) is 2.42. The van der Waals surface area contributed by atoms with Crippen LogP contribution >= 0.6 is 0 Å². The van der Waals surface area contributed by atoms with Gasteiger partial charge in [-0.15, -0.1) is 0 Å². The molecule has 0 aliphatic carbocycles. The molecular formula is C17H25N3O. The fourth-order valence-electron chi connectivity index (χ4n) is 2.44. The number of rotatable bonds is 7. The van der Waals surface area contributed by atoms with Crippen LogP contribution in [0, 0.1) is 11.3 Å². The quantitative estimate of drug-likeness (QED) is 0.782. The molecule has 1 rings (SSSR count). The molecule has 0 fully saturated rings. The lowest BCUT2D eigenvalue weighted by Gasteiger charge is -2.30. The van der Waals surface area contributed by atoms with Crippen molar-refractivity contribution in [2.24, 2.45) is 0 Å². The highest BCUT2D eigenvalue weighted by Crippen LogP contribution is 2.17. The Morgan fingerprint density at radius 1 is 1.29 bits per heavy atom. The molecule has 0 amide bonds. The van der Waals surface area contributed by atoms with Crippen LogP contribution in [0.1, 0.15) is 50.5 Å². The minimum absolute atomic E-state index is 0.00790. The maximum atomic E-state index is 11.4. The van der Waals surface area contributed by atoms with Crippen molar-refractivity contribution >= 4 is 11.5 Å². The van der Waals surface area contributed by atoms with Gasteiger partial charge in [0.1, 0.15) is 6.07 Å². The number of ketones is 1. The van der Waals surface area contributed by atoms with E-state index in [1.807, 2.05) is 0 Å². The topological polar surface area (TPSA) is 56.1 Å². The van der Waals surface area contributed by atoms with Gasteiger partial charge in [0.25, 0.3) is 0 Å². The van der Waals surface area contributed by atoms with E-state index in [1.165, 1.54) is 6.92 Å². The molecule has 1 aromatic carbocycles. The van der Waals surface area contributed by atoms with Crippen LogP contribution < -0.4 is 5.32 Å². The summed E-state index contributed by atoms with van der Waals surface area (Å²) in [5.74, 6) is 0.00790. The van der Waals surface area contributed by atoms with E-state index in [2.05, 4.69) is 44.0 Å². The monoisotopic (exact) mass is 287 g/mol. The minimum Gasteiger partial charge on any atom is -0.383 e. The van der Waals surface area contributed by atoms with Crippen molar-refractivity contribution in [3.05, 3.63) is 29.3 Å². The number of nitrogens with one attached hydrogen (secondary N) is 1. The molecule has 1 aromatic rings. The Morgan fingerprint density at radius 2 is 1.90 bits per heavy atom. The first-order valence-corrected chi connectivity index (χ1v) is 7.41. The average molecular weight is 287 g/mol. The molecule has 0 spiro atoms. The van der Waals surface area contributed by atoms with Gasteiger partial charge in [-0.25, -0.2) is 0 Å². The zero-order chi connectivity index (χ0) is 16.0. The number of hydrogen-bond acceptors (Lipinski definition) is 4. The summed E-state index contributed by atoms with van der Waals surface area (Å²) < 4.78 is 0. The maximum Gasteiger partial charge on any atom is 0.159 e. The Hall–Kier alpha value is -1.86. The van der Waals surface area contributed by atoms with Crippen LogP contribution in [-0.4, -0.2) is 35.9 Å². The summed E-state index contributed by atoms with van der Waals surface area (Å²) in [7, 11) is 0. The van der Waals surface area contributed by atoms with Gasteiger partial charge in [-0.1, -0.05) is 0 Å². The Kier molecular flexibility index (Phi) is 6.39. The van der Waals surface area contributed by atoms with Crippen molar-refractivity contribution in [1.29, 1.82) is 5.26 Å². The molecule has 4 heteroatoms. The molecule has 4 nitrogen and oxygen atoms in total. The molecule has 0 saturated carbocycles. The molecule has 0 saturated heterocycles. The third kappa shape index (κ3) is 4.87. The third-order valence-electron chi connectivity index (χ3n) is 3.56. The van der Waals surface area contributed by atoms with Crippen LogP contribution in [0.3, 0.4) is 0 Å². The summed E-state index contributed by atoms with van der Waals surface area (Å²) in [6.07, 6.45) is 0. The van der Waals surface area contributed by atoms with Gasteiger partial charge in [0.2, 0.25) is 0 Å². The summed E-state index contributed by atoms with van der Waals surface area (Å²) in [5.41, 5.74) is 1.93. The molecule has 0 bridgehead atoms. The van der Waals surface area contributed by atoms with Crippen LogP contribution in [0.15, 0.2) is 18.2 Å². The molecule has 0 aromatic heterocycles. The molecular weight excluding hydrogens is 262 g/mol. The Bertz CT molecular complexity index is 521. The van der Waals surface area contributed by atoms with Gasteiger partial charge in [-0.05, 0) is 52.8 Å². The van der Waals surface area contributed by atoms with Crippen molar-refractivity contribution in [1.82, 2.24) is 4.90 Å². The lowest BCUT2D eigenvalue weighted by molar-refractivity contribution is 0.101. The van der Waals surface area contributed by atoms with Crippen molar-refractivity contribution in [3.63, 3.8) is 0 Å². The molecule has 0 radical (unpaired) electrons. The summed E-state index contributed by atoms with van der Waals surface area (Å²) in [6, 6.07) is 8.26. The van der Waals surface area contributed by atoms with E-state index in [4.69, 9.17) is 5.26 Å². The zero-order valence-corrected chi connectivity index (χ0v) is 13.6. The fraction of sp³-hybridized carbons (Fsp3) is 0.529. The second-order valence-corrected chi connectivity index (χ2v) is 5.78. The van der Waals surface area contributed by atoms with Gasteiger partial charge in [0.15, 0.2) is 5.78 Å². The van der Waals surface area contributed by atoms with E-state index in [0.717, 1.165) is 18.8 Å². The third-order valence-corrected chi connectivity index (χ3v) is 3.56. The lowest BCUT2D eigenvalue weighted by atomic mass is 10.1. The van der Waals surface area contributed by atoms with E-state index in [0.29, 0.717) is 23.2 Å². The highest BCUT2D eigenvalue weighted by atomic mass is 16.1. The van der Waals surface area contributed by atoms with Crippen molar-refractivity contribution < 1.29 is 4.79 Å². The van der Waals surface area contributed by atoms with Crippen molar-refractivity contribution in [3.8, 4) is 6.07 Å². The molecule has 0 heterocycles. The molecule has 114 valence electrons. The molecule has 0 aliphatic rings. The zero-order valence-electron chi connectivity index (χ0n) is 13.6. The first-order chi connectivity index (χ1) is 9.86. The number of nitrogens with zero attached hydrogens (tertiary/aromatic N) is 2. The lowest BCUT2D eigenvalue weighted by Crippen LogP contribution is -2.40. The fourth-order valence-corrected chi connectivity index (χ4v) is 2.44. The van der Waals surface area contributed by atoms with Gasteiger partial charge in [-0.3, -0.25) is 9.69 Å². The standard InChI is InChI=1S/C17H25N3O/c1-12(2)20(13(3)4)9-8-19-17-10-15(14(5)21)6-7-16(17)11-18/h6-7,10,12-13,19H,8-9H2,1-5H3. The highest BCUT2D eigenvalue weighted by Gasteiger charge is 2.13. The maximum absolute atomic E-state index is 11.4. The first kappa shape index (κ1) is 17.2. The first-order valence-electron chi connectivity index (χ1n) is 7.41. The molecule has 0 aliphatic heterocycles. The van der Waals surface area contributed by atoms with Gasteiger partial charge in [0.05, 0.1) is 11.3 Å². The van der Waals surface area contributed by atoms with Gasteiger partial charge in [-0.2, -0.15) is 5.26 Å². The van der Waals surface area contributed by atoms with Crippen LogP contribution in [0.25, 0.3) is 0 Å².